The summed E-state index contributed by atoms with van der Waals surface area (Å²) in [6.07, 6.45) is 1.58. The summed E-state index contributed by atoms with van der Waals surface area (Å²) in [5.41, 5.74) is 0.803. The van der Waals surface area contributed by atoms with Gasteiger partial charge in [0.05, 0.1) is 12.0 Å². The molecule has 0 aliphatic carbocycles. The van der Waals surface area contributed by atoms with Crippen molar-refractivity contribution in [3.63, 3.8) is 0 Å². The van der Waals surface area contributed by atoms with Gasteiger partial charge < -0.3 is 10.1 Å². The number of sulfonamides is 1. The van der Waals surface area contributed by atoms with Crippen LogP contribution in [0.4, 0.5) is 5.95 Å². The normalized spacial score (nSPS) is 11.1. The summed E-state index contributed by atoms with van der Waals surface area (Å²) in [7, 11) is -0.538. The molecule has 0 bridgehead atoms. The van der Waals surface area contributed by atoms with Crippen molar-refractivity contribution in [2.24, 2.45) is 0 Å². The molecule has 2 aromatic rings. The molecule has 0 amide bonds. The minimum atomic E-state index is -3.44. The van der Waals surface area contributed by atoms with Gasteiger partial charge in [0.15, 0.2) is 0 Å². The van der Waals surface area contributed by atoms with Gasteiger partial charge in [-0.3, -0.25) is 0 Å². The highest BCUT2D eigenvalue weighted by molar-refractivity contribution is 7.89. The molecule has 112 valence electrons. The molecule has 0 saturated carbocycles. The molecule has 0 fully saturated rings. The maximum absolute atomic E-state index is 11.7. The van der Waals surface area contributed by atoms with E-state index >= 15 is 0 Å². The van der Waals surface area contributed by atoms with E-state index in [1.54, 1.807) is 24.4 Å². The summed E-state index contributed by atoms with van der Waals surface area (Å²) in [6.45, 7) is 0.403. The molecule has 8 heteroatoms. The molecule has 0 atom stereocenters. The number of ether oxygens (including phenoxy) is 1. The Bertz CT molecular complexity index is 719. The van der Waals surface area contributed by atoms with Crippen LogP contribution >= 0.6 is 0 Å². The molecule has 1 heterocycles. The van der Waals surface area contributed by atoms with Gasteiger partial charge in [0.1, 0.15) is 0 Å². The van der Waals surface area contributed by atoms with Crippen molar-refractivity contribution in [1.82, 2.24) is 14.7 Å². The standard InChI is InChI=1S/C13H16N4O3S/c1-14-21(18,19)11-5-3-4-10(8-11)9-16-13-15-7-6-12(17-13)20-2/h3-8,14H,9H2,1-2H3,(H,15,16,17). The topological polar surface area (TPSA) is 93.2 Å². The van der Waals surface area contributed by atoms with Gasteiger partial charge in [0.2, 0.25) is 21.9 Å². The van der Waals surface area contributed by atoms with Crippen molar-refractivity contribution in [3.05, 3.63) is 42.1 Å². The first-order chi connectivity index (χ1) is 10.0. The molecule has 0 spiro atoms. The van der Waals surface area contributed by atoms with Crippen LogP contribution in [0.5, 0.6) is 5.88 Å². The van der Waals surface area contributed by atoms with Crippen molar-refractivity contribution >= 4 is 16.0 Å². The fourth-order valence-electron chi connectivity index (χ4n) is 1.66. The first kappa shape index (κ1) is 15.2. The fraction of sp³-hybridized carbons (Fsp3) is 0.231. The van der Waals surface area contributed by atoms with Crippen molar-refractivity contribution in [1.29, 1.82) is 0 Å². The van der Waals surface area contributed by atoms with E-state index in [9.17, 15) is 8.42 Å². The Balaban J connectivity index is 2.12. The molecule has 0 saturated heterocycles. The molecule has 2 rings (SSSR count). The lowest BCUT2D eigenvalue weighted by Crippen LogP contribution is -2.18. The number of hydrogen-bond acceptors (Lipinski definition) is 6. The summed E-state index contributed by atoms with van der Waals surface area (Å²) in [5.74, 6) is 0.871. The predicted octanol–water partition coefficient (Wildman–Crippen LogP) is 1.01. The third-order valence-corrected chi connectivity index (χ3v) is 4.18. The van der Waals surface area contributed by atoms with Gasteiger partial charge in [-0.05, 0) is 24.7 Å². The van der Waals surface area contributed by atoms with Gasteiger partial charge in [-0.1, -0.05) is 12.1 Å². The van der Waals surface area contributed by atoms with E-state index in [2.05, 4.69) is 20.0 Å². The van der Waals surface area contributed by atoms with Gasteiger partial charge in [0.25, 0.3) is 0 Å². The molecule has 1 aromatic heterocycles. The van der Waals surface area contributed by atoms with Crippen molar-refractivity contribution < 1.29 is 13.2 Å². The predicted molar refractivity (Wildman–Crippen MR) is 78.6 cm³/mol. The molecule has 21 heavy (non-hydrogen) atoms. The van der Waals surface area contributed by atoms with Gasteiger partial charge in [-0.15, -0.1) is 0 Å². The molecular formula is C13H16N4O3S. The number of hydrogen-bond donors (Lipinski definition) is 2. The SMILES string of the molecule is CNS(=O)(=O)c1cccc(CNc2nccc(OC)n2)c1. The third-order valence-electron chi connectivity index (χ3n) is 2.77. The average molecular weight is 308 g/mol. The van der Waals surface area contributed by atoms with Gasteiger partial charge >= 0.3 is 0 Å². The van der Waals surface area contributed by atoms with Crippen LogP contribution in [0.2, 0.25) is 0 Å². The lowest BCUT2D eigenvalue weighted by molar-refractivity contribution is 0.397. The summed E-state index contributed by atoms with van der Waals surface area (Å²) in [6, 6.07) is 8.29. The number of anilines is 1. The molecule has 2 N–H and O–H groups in total. The second kappa shape index (κ2) is 6.51. The van der Waals surface area contributed by atoms with Crippen LogP contribution in [-0.2, 0) is 16.6 Å². The largest absolute Gasteiger partial charge is 0.481 e. The van der Waals surface area contributed by atoms with Crippen molar-refractivity contribution in [2.75, 3.05) is 19.5 Å². The second-order valence-electron chi connectivity index (χ2n) is 4.13. The zero-order valence-electron chi connectivity index (χ0n) is 11.7. The Morgan fingerprint density at radius 1 is 1.29 bits per heavy atom. The molecule has 0 radical (unpaired) electrons. The van der Waals surface area contributed by atoms with Gasteiger partial charge in [0, 0.05) is 18.8 Å². The molecule has 1 aromatic carbocycles. The Morgan fingerprint density at radius 2 is 2.10 bits per heavy atom. The van der Waals surface area contributed by atoms with E-state index < -0.39 is 10.0 Å². The Kier molecular flexibility index (Phi) is 4.71. The molecule has 7 nitrogen and oxygen atoms in total. The number of rotatable bonds is 6. The van der Waals surface area contributed by atoms with Gasteiger partial charge in [-0.2, -0.15) is 4.98 Å². The highest BCUT2D eigenvalue weighted by Gasteiger charge is 2.11. The summed E-state index contributed by atoms with van der Waals surface area (Å²) < 4.78 is 30.8. The summed E-state index contributed by atoms with van der Waals surface area (Å²) in [5, 5.41) is 3.01. The van der Waals surface area contributed by atoms with Crippen LogP contribution < -0.4 is 14.8 Å². The van der Waals surface area contributed by atoms with E-state index in [0.29, 0.717) is 18.4 Å². The van der Waals surface area contributed by atoms with E-state index in [4.69, 9.17) is 4.74 Å². The minimum Gasteiger partial charge on any atom is -0.481 e. The molecule has 0 unspecified atom stereocenters. The van der Waals surface area contributed by atoms with Crippen LogP contribution in [0, 0.1) is 0 Å². The zero-order valence-corrected chi connectivity index (χ0v) is 12.5. The lowest BCUT2D eigenvalue weighted by atomic mass is 10.2. The summed E-state index contributed by atoms with van der Waals surface area (Å²) in [4.78, 5) is 8.39. The quantitative estimate of drug-likeness (QED) is 0.827. The average Bonchev–Trinajstić information content (AvgIpc) is 2.53. The first-order valence-electron chi connectivity index (χ1n) is 6.18. The lowest BCUT2D eigenvalue weighted by Gasteiger charge is -2.08. The molecule has 0 aliphatic heterocycles. The number of benzene rings is 1. The van der Waals surface area contributed by atoms with E-state index in [-0.39, 0.29) is 4.90 Å². The number of methoxy groups -OCH3 is 1. The number of aromatic nitrogens is 2. The second-order valence-corrected chi connectivity index (χ2v) is 6.02. The van der Waals surface area contributed by atoms with E-state index in [0.717, 1.165) is 5.56 Å². The highest BCUT2D eigenvalue weighted by atomic mass is 32.2. The van der Waals surface area contributed by atoms with Crippen molar-refractivity contribution in [2.45, 2.75) is 11.4 Å². The van der Waals surface area contributed by atoms with Crippen LogP contribution in [0.1, 0.15) is 5.56 Å². The Hall–Kier alpha value is -2.19. The highest BCUT2D eigenvalue weighted by Crippen LogP contribution is 2.13. The maximum atomic E-state index is 11.7. The number of nitrogens with one attached hydrogen (secondary N) is 2. The Morgan fingerprint density at radius 3 is 2.81 bits per heavy atom. The van der Waals surface area contributed by atoms with E-state index in [1.165, 1.54) is 20.2 Å². The first-order valence-corrected chi connectivity index (χ1v) is 7.67. The summed E-state index contributed by atoms with van der Waals surface area (Å²) >= 11 is 0. The van der Waals surface area contributed by atoms with Gasteiger partial charge in [-0.25, -0.2) is 18.1 Å². The Labute approximate surface area is 123 Å². The maximum Gasteiger partial charge on any atom is 0.240 e. The van der Waals surface area contributed by atoms with Crippen LogP contribution in [0.3, 0.4) is 0 Å². The smallest absolute Gasteiger partial charge is 0.240 e. The van der Waals surface area contributed by atoms with Crippen LogP contribution in [0.25, 0.3) is 0 Å². The monoisotopic (exact) mass is 308 g/mol. The number of nitrogens with zero attached hydrogens (tertiary/aromatic N) is 2. The zero-order chi connectivity index (χ0) is 15.3. The fourth-order valence-corrected chi connectivity index (χ4v) is 2.46. The molecule has 0 aliphatic rings. The van der Waals surface area contributed by atoms with Crippen LogP contribution in [-0.4, -0.2) is 32.5 Å². The van der Waals surface area contributed by atoms with Crippen LogP contribution in [0.15, 0.2) is 41.4 Å². The third kappa shape index (κ3) is 3.89. The minimum absolute atomic E-state index is 0.218. The van der Waals surface area contributed by atoms with Crippen molar-refractivity contribution in [3.8, 4) is 5.88 Å². The van der Waals surface area contributed by atoms with E-state index in [1.807, 2.05) is 6.07 Å². The molecular weight excluding hydrogens is 292 g/mol.